The summed E-state index contributed by atoms with van der Waals surface area (Å²) >= 11 is 0. The molecule has 2 aromatic rings. The first-order chi connectivity index (χ1) is 13.4. The maximum atomic E-state index is 13.7. The summed E-state index contributed by atoms with van der Waals surface area (Å²) in [5.41, 5.74) is 7.22. The van der Waals surface area contributed by atoms with Crippen LogP contribution in [-0.4, -0.2) is 54.9 Å². The first kappa shape index (κ1) is 18.3. The summed E-state index contributed by atoms with van der Waals surface area (Å²) in [6.45, 7) is 3.14. The molecule has 2 aliphatic rings. The predicted molar refractivity (Wildman–Crippen MR) is 99.4 cm³/mol. The molecule has 28 heavy (non-hydrogen) atoms. The van der Waals surface area contributed by atoms with Crippen LogP contribution in [0.5, 0.6) is 0 Å². The van der Waals surface area contributed by atoms with Gasteiger partial charge in [0, 0.05) is 6.04 Å². The van der Waals surface area contributed by atoms with Gasteiger partial charge in [0.15, 0.2) is 11.5 Å². The molecular weight excluding hydrogens is 365 g/mol. The number of likely N-dealkylation sites (tertiary alicyclic amines) is 1. The fourth-order valence-corrected chi connectivity index (χ4v) is 3.75. The van der Waals surface area contributed by atoms with Crippen LogP contribution in [0.2, 0.25) is 0 Å². The van der Waals surface area contributed by atoms with Crippen molar-refractivity contribution in [3.63, 3.8) is 0 Å². The normalized spacial score (nSPS) is 22.8. The van der Waals surface area contributed by atoms with Crippen LogP contribution in [0.15, 0.2) is 24.1 Å². The third kappa shape index (κ3) is 3.19. The molecule has 1 aliphatic carbocycles. The van der Waals surface area contributed by atoms with E-state index >= 15 is 0 Å². The molecule has 10 heteroatoms. The van der Waals surface area contributed by atoms with E-state index in [1.807, 2.05) is 0 Å². The molecule has 0 spiro atoms. The zero-order valence-corrected chi connectivity index (χ0v) is 15.7. The van der Waals surface area contributed by atoms with Crippen molar-refractivity contribution in [2.75, 3.05) is 12.3 Å². The van der Waals surface area contributed by atoms with Gasteiger partial charge in [-0.25, -0.2) is 19.3 Å². The van der Waals surface area contributed by atoms with E-state index in [-0.39, 0.29) is 42.6 Å². The Balaban J connectivity index is 1.48. The maximum absolute atomic E-state index is 13.7. The molecule has 2 fully saturated rings. The van der Waals surface area contributed by atoms with Gasteiger partial charge in [-0.2, -0.15) is 0 Å². The lowest BCUT2D eigenvalue weighted by atomic mass is 10.1. The summed E-state index contributed by atoms with van der Waals surface area (Å²) in [5.74, 6) is -0.288. The van der Waals surface area contributed by atoms with Crippen molar-refractivity contribution < 1.29 is 14.0 Å². The van der Waals surface area contributed by atoms with E-state index in [4.69, 9.17) is 5.73 Å². The number of nitrogens with two attached hydrogens (primary N) is 1. The number of aromatic nitrogens is 4. The summed E-state index contributed by atoms with van der Waals surface area (Å²) in [5, 5.41) is 2.61. The van der Waals surface area contributed by atoms with E-state index in [1.54, 1.807) is 23.3 Å². The van der Waals surface area contributed by atoms with Gasteiger partial charge in [0.1, 0.15) is 30.3 Å². The molecule has 1 aliphatic heterocycles. The third-order valence-electron chi connectivity index (χ3n) is 5.39. The van der Waals surface area contributed by atoms with Crippen molar-refractivity contribution >= 4 is 28.8 Å². The van der Waals surface area contributed by atoms with Crippen molar-refractivity contribution in [3.8, 4) is 0 Å². The molecular formula is C18H22FN7O2. The Morgan fingerprint density at radius 2 is 2.07 bits per heavy atom. The van der Waals surface area contributed by atoms with Crippen molar-refractivity contribution in [2.45, 2.75) is 45.3 Å². The molecule has 4 rings (SSSR count). The number of nitrogens with one attached hydrogen (secondary N) is 1. The second-order valence-corrected chi connectivity index (χ2v) is 7.54. The number of fused-ring (bicyclic) bond motifs is 2. The lowest BCUT2D eigenvalue weighted by Crippen LogP contribution is -2.49. The van der Waals surface area contributed by atoms with Gasteiger partial charge < -0.3 is 20.5 Å². The van der Waals surface area contributed by atoms with E-state index in [0.717, 1.165) is 6.42 Å². The number of carbonyl (C=O) groups is 2. The molecule has 1 unspecified atom stereocenters. The fourth-order valence-electron chi connectivity index (χ4n) is 3.75. The number of amides is 2. The van der Waals surface area contributed by atoms with Gasteiger partial charge in [-0.1, -0.05) is 0 Å². The van der Waals surface area contributed by atoms with Crippen molar-refractivity contribution in [2.24, 2.45) is 5.92 Å². The minimum Gasteiger partial charge on any atom is -0.382 e. The Morgan fingerprint density at radius 1 is 1.29 bits per heavy atom. The zero-order valence-electron chi connectivity index (χ0n) is 15.7. The zero-order chi connectivity index (χ0) is 20.0. The second kappa shape index (κ2) is 6.84. The van der Waals surface area contributed by atoms with E-state index < -0.39 is 6.04 Å². The van der Waals surface area contributed by atoms with Crippen LogP contribution in [0, 0.1) is 5.92 Å². The first-order valence-electron chi connectivity index (χ1n) is 9.19. The molecule has 0 radical (unpaired) electrons. The molecule has 1 saturated heterocycles. The monoisotopic (exact) mass is 387 g/mol. The van der Waals surface area contributed by atoms with Crippen LogP contribution in [0.4, 0.5) is 10.2 Å². The van der Waals surface area contributed by atoms with Crippen molar-refractivity contribution in [3.05, 3.63) is 24.1 Å². The summed E-state index contributed by atoms with van der Waals surface area (Å²) < 4.78 is 15.3. The third-order valence-corrected chi connectivity index (χ3v) is 5.39. The van der Waals surface area contributed by atoms with Crippen LogP contribution in [0.1, 0.15) is 26.7 Å². The number of imidazole rings is 1. The van der Waals surface area contributed by atoms with Crippen LogP contribution in [0.3, 0.4) is 0 Å². The summed E-state index contributed by atoms with van der Waals surface area (Å²) in [4.78, 5) is 39.4. The SMILES string of the molecule is CC(C)=C(F)CNC(=O)[C@@H]1C[C@H]2CC2N1C(=O)Cn1cnc2c(N)ncnc21. The number of hydrogen-bond acceptors (Lipinski definition) is 6. The minimum atomic E-state index is -0.573. The van der Waals surface area contributed by atoms with Crippen LogP contribution < -0.4 is 11.1 Å². The van der Waals surface area contributed by atoms with Gasteiger partial charge in [-0.15, -0.1) is 0 Å². The molecule has 1 saturated carbocycles. The second-order valence-electron chi connectivity index (χ2n) is 7.54. The van der Waals surface area contributed by atoms with Gasteiger partial charge >= 0.3 is 0 Å². The average molecular weight is 387 g/mol. The minimum absolute atomic E-state index is 0.00227. The topological polar surface area (TPSA) is 119 Å². The molecule has 0 aromatic carbocycles. The van der Waals surface area contributed by atoms with E-state index in [2.05, 4.69) is 20.3 Å². The number of nitrogens with zero attached hydrogens (tertiary/aromatic N) is 5. The molecule has 3 atom stereocenters. The smallest absolute Gasteiger partial charge is 0.243 e. The molecule has 2 aromatic heterocycles. The highest BCUT2D eigenvalue weighted by Crippen LogP contribution is 2.48. The fraction of sp³-hybridized carbons (Fsp3) is 0.500. The highest BCUT2D eigenvalue weighted by molar-refractivity contribution is 5.90. The van der Waals surface area contributed by atoms with E-state index in [1.165, 1.54) is 12.7 Å². The molecule has 0 bridgehead atoms. The number of piperidine rings is 1. The van der Waals surface area contributed by atoms with Crippen molar-refractivity contribution in [1.29, 1.82) is 0 Å². The summed E-state index contributed by atoms with van der Waals surface area (Å²) in [6, 6.07) is -0.498. The van der Waals surface area contributed by atoms with Crippen molar-refractivity contribution in [1.82, 2.24) is 29.7 Å². The first-order valence-corrected chi connectivity index (χ1v) is 9.19. The van der Waals surface area contributed by atoms with E-state index in [0.29, 0.717) is 29.1 Å². The quantitative estimate of drug-likeness (QED) is 0.782. The van der Waals surface area contributed by atoms with Gasteiger partial charge in [-0.05, 0) is 38.2 Å². The van der Waals surface area contributed by atoms with Crippen LogP contribution in [0.25, 0.3) is 11.2 Å². The highest BCUT2D eigenvalue weighted by Gasteiger charge is 2.55. The lowest BCUT2D eigenvalue weighted by molar-refractivity contribution is -0.140. The number of nitrogen functional groups attached to an aromatic ring is 1. The number of allylic oxidation sites excluding steroid dienone is 1. The highest BCUT2D eigenvalue weighted by atomic mass is 19.1. The van der Waals surface area contributed by atoms with Gasteiger partial charge in [0.25, 0.3) is 0 Å². The molecule has 3 heterocycles. The van der Waals surface area contributed by atoms with Gasteiger partial charge in [-0.3, -0.25) is 9.59 Å². The Morgan fingerprint density at radius 3 is 2.82 bits per heavy atom. The molecule has 3 N–H and O–H groups in total. The number of rotatable bonds is 5. The van der Waals surface area contributed by atoms with Gasteiger partial charge in [0.2, 0.25) is 11.8 Å². The van der Waals surface area contributed by atoms with Gasteiger partial charge in [0.05, 0.1) is 12.9 Å². The van der Waals surface area contributed by atoms with Crippen LogP contribution in [-0.2, 0) is 16.1 Å². The van der Waals surface area contributed by atoms with E-state index in [9.17, 15) is 14.0 Å². The molecule has 2 amide bonds. The lowest BCUT2D eigenvalue weighted by Gasteiger charge is -2.27. The Bertz CT molecular complexity index is 981. The average Bonchev–Trinajstić information content (AvgIpc) is 3.12. The molecule has 9 nitrogen and oxygen atoms in total. The predicted octanol–water partition coefficient (Wildman–Crippen LogP) is 0.777. The summed E-state index contributed by atoms with van der Waals surface area (Å²) in [7, 11) is 0. The Kier molecular flexibility index (Phi) is 4.48. The number of anilines is 1. The summed E-state index contributed by atoms with van der Waals surface area (Å²) in [6.07, 6.45) is 4.32. The number of carbonyl (C=O) groups excluding carboxylic acids is 2. The largest absolute Gasteiger partial charge is 0.382 e. The Hall–Kier alpha value is -3.04. The van der Waals surface area contributed by atoms with Crippen LogP contribution >= 0.6 is 0 Å². The standard InChI is InChI=1S/C18H22FN7O2/c1-9(2)11(19)5-21-18(28)13-4-10-3-12(10)26(13)14(27)6-25-8-24-15-16(20)22-7-23-17(15)25/h7-8,10,12-13H,3-6H2,1-2H3,(H,21,28)(H2,20,22,23)/t10-,12?,13+/m1/s1. The number of hydrogen-bond donors (Lipinski definition) is 2. The Labute approximate surface area is 160 Å². The maximum Gasteiger partial charge on any atom is 0.243 e. The number of halogens is 1. The molecule has 148 valence electrons.